The maximum atomic E-state index is 13.4. The zero-order chi connectivity index (χ0) is 23.0. The van der Waals surface area contributed by atoms with Crippen LogP contribution in [0.25, 0.3) is 0 Å². The topological polar surface area (TPSA) is 37.4 Å². The molecule has 0 aliphatic carbocycles. The fourth-order valence-corrected chi connectivity index (χ4v) is 4.81. The van der Waals surface area contributed by atoms with E-state index in [9.17, 15) is 9.59 Å². The lowest BCUT2D eigenvalue weighted by molar-refractivity contribution is 0.0702. The van der Waals surface area contributed by atoms with Gasteiger partial charge in [0.2, 0.25) is 0 Å². The molecule has 0 aromatic heterocycles. The minimum Gasteiger partial charge on any atom is -0.307 e. The molecule has 0 saturated heterocycles. The van der Waals surface area contributed by atoms with Crippen molar-refractivity contribution < 1.29 is 9.59 Å². The highest BCUT2D eigenvalue weighted by molar-refractivity contribution is 6.31. The Morgan fingerprint density at radius 2 is 1.36 bits per heavy atom. The van der Waals surface area contributed by atoms with Gasteiger partial charge in [-0.2, -0.15) is 0 Å². The third-order valence-corrected chi connectivity index (χ3v) is 6.83. The zero-order valence-corrected chi connectivity index (χ0v) is 19.1. The molecule has 1 atom stereocenters. The minimum atomic E-state index is -1.16. The molecule has 162 valence electrons. The van der Waals surface area contributed by atoms with E-state index in [4.69, 9.17) is 23.2 Å². The number of fused-ring (bicyclic) bond motifs is 1. The number of benzene rings is 4. The zero-order valence-electron chi connectivity index (χ0n) is 17.5. The summed E-state index contributed by atoms with van der Waals surface area (Å²) in [4.78, 5) is 26.6. The van der Waals surface area contributed by atoms with Gasteiger partial charge in [-0.1, -0.05) is 108 Å². The maximum Gasteiger partial charge on any atom is 0.256 e. The van der Waals surface area contributed by atoms with Crippen molar-refractivity contribution in [3.63, 3.8) is 0 Å². The standard InChI is InChI=1S/C28H19Cl2NO2/c29-23-16-14-22(15-17-23)28(30)25-9-5-4-8-24(25)27(33)31(28)18-19-10-12-21(13-11-19)26(32)20-6-2-1-3-7-20/h1-17H,18H2. The number of alkyl halides is 1. The van der Waals surface area contributed by atoms with Crippen LogP contribution in [-0.2, 0) is 11.5 Å². The van der Waals surface area contributed by atoms with E-state index in [1.807, 2.05) is 60.7 Å². The van der Waals surface area contributed by atoms with Crippen LogP contribution < -0.4 is 0 Å². The maximum absolute atomic E-state index is 13.4. The highest BCUT2D eigenvalue weighted by Crippen LogP contribution is 2.48. The van der Waals surface area contributed by atoms with Gasteiger partial charge in [0.25, 0.3) is 5.91 Å². The molecule has 33 heavy (non-hydrogen) atoms. The Kier molecular flexibility index (Phi) is 5.53. The fourth-order valence-electron chi connectivity index (χ4n) is 4.25. The molecule has 0 bridgehead atoms. The Balaban J connectivity index is 1.48. The molecular formula is C28H19Cl2NO2. The molecule has 0 fully saturated rings. The fraction of sp³-hybridized carbons (Fsp3) is 0.0714. The Morgan fingerprint density at radius 1 is 0.758 bits per heavy atom. The summed E-state index contributed by atoms with van der Waals surface area (Å²) in [6.07, 6.45) is 0. The first-order valence-electron chi connectivity index (χ1n) is 10.5. The molecule has 4 aromatic rings. The SMILES string of the molecule is O=C(c1ccccc1)c1ccc(CN2C(=O)c3ccccc3C2(Cl)c2ccc(Cl)cc2)cc1. The summed E-state index contributed by atoms with van der Waals surface area (Å²) in [6.45, 7) is 0.291. The van der Waals surface area contributed by atoms with Gasteiger partial charge in [-0.25, -0.2) is 0 Å². The first-order chi connectivity index (χ1) is 16.0. The number of halogens is 2. The van der Waals surface area contributed by atoms with Crippen LogP contribution in [0.3, 0.4) is 0 Å². The van der Waals surface area contributed by atoms with E-state index in [2.05, 4.69) is 0 Å². The Labute approximate surface area is 202 Å². The van der Waals surface area contributed by atoms with Crippen LogP contribution in [0.1, 0.15) is 43.0 Å². The second-order valence-electron chi connectivity index (χ2n) is 7.96. The van der Waals surface area contributed by atoms with Crippen molar-refractivity contribution in [2.24, 2.45) is 0 Å². The number of hydrogen-bond acceptors (Lipinski definition) is 2. The molecule has 1 amide bonds. The predicted molar refractivity (Wildman–Crippen MR) is 131 cm³/mol. The smallest absolute Gasteiger partial charge is 0.256 e. The second-order valence-corrected chi connectivity index (χ2v) is 8.94. The van der Waals surface area contributed by atoms with E-state index in [1.54, 1.807) is 47.4 Å². The third-order valence-electron chi connectivity index (χ3n) is 5.95. The number of rotatable bonds is 5. The quantitative estimate of drug-likeness (QED) is 0.185. The van der Waals surface area contributed by atoms with E-state index >= 15 is 0 Å². The van der Waals surface area contributed by atoms with E-state index in [0.29, 0.717) is 28.3 Å². The second kappa shape index (κ2) is 8.51. The van der Waals surface area contributed by atoms with Crippen LogP contribution in [0, 0.1) is 0 Å². The van der Waals surface area contributed by atoms with Gasteiger partial charge in [-0.05, 0) is 29.3 Å². The van der Waals surface area contributed by atoms with Crippen LogP contribution in [0.5, 0.6) is 0 Å². The largest absolute Gasteiger partial charge is 0.307 e. The first kappa shape index (κ1) is 21.4. The van der Waals surface area contributed by atoms with Gasteiger partial charge in [0.15, 0.2) is 10.8 Å². The Morgan fingerprint density at radius 3 is 2.06 bits per heavy atom. The highest BCUT2D eigenvalue weighted by atomic mass is 35.5. The Bertz CT molecular complexity index is 1330. The molecule has 4 aromatic carbocycles. The first-order valence-corrected chi connectivity index (χ1v) is 11.3. The van der Waals surface area contributed by atoms with Crippen LogP contribution >= 0.6 is 23.2 Å². The van der Waals surface area contributed by atoms with Crippen LogP contribution in [0.4, 0.5) is 0 Å². The molecule has 1 unspecified atom stereocenters. The van der Waals surface area contributed by atoms with Crippen LogP contribution in [0.2, 0.25) is 5.02 Å². The molecule has 5 rings (SSSR count). The van der Waals surface area contributed by atoms with Gasteiger partial charge in [0.05, 0.1) is 0 Å². The molecule has 3 nitrogen and oxygen atoms in total. The average Bonchev–Trinajstić information content (AvgIpc) is 3.08. The number of ketones is 1. The van der Waals surface area contributed by atoms with Gasteiger partial charge in [0, 0.05) is 33.8 Å². The molecular weight excluding hydrogens is 453 g/mol. The van der Waals surface area contributed by atoms with Crippen molar-refractivity contribution >= 4 is 34.9 Å². The van der Waals surface area contributed by atoms with E-state index in [-0.39, 0.29) is 11.7 Å². The van der Waals surface area contributed by atoms with Crippen molar-refractivity contribution in [3.05, 3.63) is 142 Å². The van der Waals surface area contributed by atoms with Crippen molar-refractivity contribution in [1.29, 1.82) is 0 Å². The molecule has 5 heteroatoms. The monoisotopic (exact) mass is 471 g/mol. The number of nitrogens with zero attached hydrogens (tertiary/aromatic N) is 1. The normalized spacial score (nSPS) is 17.2. The van der Waals surface area contributed by atoms with Gasteiger partial charge >= 0.3 is 0 Å². The predicted octanol–water partition coefficient (Wildman–Crippen LogP) is 6.67. The molecule has 1 heterocycles. The lowest BCUT2D eigenvalue weighted by atomic mass is 9.96. The molecule has 0 N–H and O–H groups in total. The summed E-state index contributed by atoms with van der Waals surface area (Å²) in [7, 11) is 0. The van der Waals surface area contributed by atoms with Gasteiger partial charge < -0.3 is 4.90 Å². The van der Waals surface area contributed by atoms with E-state index < -0.39 is 5.00 Å². The van der Waals surface area contributed by atoms with E-state index in [1.165, 1.54) is 0 Å². The summed E-state index contributed by atoms with van der Waals surface area (Å²) in [5, 5.41) is 0.599. The van der Waals surface area contributed by atoms with Crippen molar-refractivity contribution in [2.45, 2.75) is 11.5 Å². The van der Waals surface area contributed by atoms with Crippen LogP contribution in [0.15, 0.2) is 103 Å². The summed E-state index contributed by atoms with van der Waals surface area (Å²) in [5.74, 6) is -0.181. The number of hydrogen-bond donors (Lipinski definition) is 0. The van der Waals surface area contributed by atoms with Gasteiger partial charge in [-0.15, -0.1) is 0 Å². The summed E-state index contributed by atoms with van der Waals surface area (Å²) in [5.41, 5.74) is 4.20. The van der Waals surface area contributed by atoms with Crippen molar-refractivity contribution in [3.8, 4) is 0 Å². The van der Waals surface area contributed by atoms with Gasteiger partial charge in [-0.3, -0.25) is 9.59 Å². The van der Waals surface area contributed by atoms with Crippen molar-refractivity contribution in [1.82, 2.24) is 4.90 Å². The molecule has 0 saturated carbocycles. The highest BCUT2D eigenvalue weighted by Gasteiger charge is 2.49. The molecule has 1 aliphatic rings. The molecule has 0 radical (unpaired) electrons. The van der Waals surface area contributed by atoms with Gasteiger partial charge in [0.1, 0.15) is 0 Å². The summed E-state index contributed by atoms with van der Waals surface area (Å²) in [6, 6.07) is 31.1. The lowest BCUT2D eigenvalue weighted by Gasteiger charge is -2.34. The molecule has 1 aliphatic heterocycles. The summed E-state index contributed by atoms with van der Waals surface area (Å²) < 4.78 is 0. The Hall–Kier alpha value is -3.40. The average molecular weight is 472 g/mol. The van der Waals surface area contributed by atoms with Crippen molar-refractivity contribution in [2.75, 3.05) is 0 Å². The lowest BCUT2D eigenvalue weighted by Crippen LogP contribution is -2.39. The number of carbonyl (C=O) groups excluding carboxylic acids is 2. The minimum absolute atomic E-state index is 0.0420. The number of carbonyl (C=O) groups is 2. The van der Waals surface area contributed by atoms with Crippen LogP contribution in [-0.4, -0.2) is 16.6 Å². The molecule has 0 spiro atoms. The van der Waals surface area contributed by atoms with E-state index in [0.717, 1.165) is 16.7 Å². The third kappa shape index (κ3) is 3.74. The summed E-state index contributed by atoms with van der Waals surface area (Å²) >= 11 is 13.4. The number of amides is 1.